The van der Waals surface area contributed by atoms with Crippen LogP contribution < -0.4 is 5.32 Å². The minimum atomic E-state index is -3.60. The molecule has 1 saturated heterocycles. The van der Waals surface area contributed by atoms with Crippen LogP contribution in [0.1, 0.15) is 37.8 Å². The number of aryl methyl sites for hydroxylation is 1. The van der Waals surface area contributed by atoms with Crippen LogP contribution in [-0.2, 0) is 14.8 Å². The van der Waals surface area contributed by atoms with E-state index in [-0.39, 0.29) is 22.1 Å². The first-order valence-electron chi connectivity index (χ1n) is 9.44. The Balaban J connectivity index is 1.52. The second-order valence-electron chi connectivity index (χ2n) is 7.47. The normalized spacial score (nSPS) is 21.8. The lowest BCUT2D eigenvalue weighted by Crippen LogP contribution is -2.39. The van der Waals surface area contributed by atoms with Crippen LogP contribution in [0, 0.1) is 6.92 Å². The Kier molecular flexibility index (Phi) is 5.24. The first-order chi connectivity index (χ1) is 13.3. The van der Waals surface area contributed by atoms with Crippen LogP contribution in [0.15, 0.2) is 40.4 Å². The summed E-state index contributed by atoms with van der Waals surface area (Å²) in [4.78, 5) is 13.1. The molecular formula is C19H24N4O3S2. The van der Waals surface area contributed by atoms with E-state index in [1.165, 1.54) is 4.31 Å². The van der Waals surface area contributed by atoms with Gasteiger partial charge in [-0.25, -0.2) is 8.42 Å². The molecule has 2 aliphatic heterocycles. The number of nitrogens with one attached hydrogen (secondary N) is 1. The Morgan fingerprint density at radius 2 is 2.00 bits per heavy atom. The maximum atomic E-state index is 13.1. The van der Waals surface area contributed by atoms with Gasteiger partial charge in [0.2, 0.25) is 15.9 Å². The lowest BCUT2D eigenvalue weighted by Gasteiger charge is -2.31. The van der Waals surface area contributed by atoms with Crippen molar-refractivity contribution < 1.29 is 13.2 Å². The van der Waals surface area contributed by atoms with E-state index in [1.807, 2.05) is 30.9 Å². The maximum absolute atomic E-state index is 13.1. The largest absolute Gasteiger partial charge is 0.325 e. The van der Waals surface area contributed by atoms with Crippen molar-refractivity contribution in [3.8, 4) is 0 Å². The summed E-state index contributed by atoms with van der Waals surface area (Å²) >= 11 is 1.59. The van der Waals surface area contributed by atoms with Gasteiger partial charge >= 0.3 is 0 Å². The molecule has 28 heavy (non-hydrogen) atoms. The Hall–Kier alpha value is -1.84. The van der Waals surface area contributed by atoms with Crippen LogP contribution in [0.3, 0.4) is 0 Å². The molecule has 0 radical (unpaired) electrons. The third kappa shape index (κ3) is 3.83. The van der Waals surface area contributed by atoms with E-state index in [2.05, 4.69) is 10.4 Å². The molecule has 1 unspecified atom stereocenters. The molecule has 2 aromatic rings. The van der Waals surface area contributed by atoms with Crippen molar-refractivity contribution in [1.82, 2.24) is 14.1 Å². The van der Waals surface area contributed by atoms with E-state index < -0.39 is 10.0 Å². The van der Waals surface area contributed by atoms with Gasteiger partial charge in [0, 0.05) is 35.9 Å². The number of sulfonamides is 1. The van der Waals surface area contributed by atoms with Crippen molar-refractivity contribution in [2.24, 2.45) is 0 Å². The molecular weight excluding hydrogens is 396 g/mol. The molecule has 0 aliphatic carbocycles. The third-order valence-corrected chi connectivity index (χ3v) is 8.27. The SMILES string of the molecule is Cc1cnn(C2CCN(S(=O)(=O)c3ccc4c(c3)NC(=O)CC(C)S4)CC2)c1. The van der Waals surface area contributed by atoms with Crippen LogP contribution in [0.25, 0.3) is 0 Å². The number of carbonyl (C=O) groups excluding carboxylic acids is 1. The molecule has 1 fully saturated rings. The smallest absolute Gasteiger partial charge is 0.243 e. The predicted octanol–water partition coefficient (Wildman–Crippen LogP) is 3.04. The zero-order valence-electron chi connectivity index (χ0n) is 16.0. The van der Waals surface area contributed by atoms with Crippen LogP contribution >= 0.6 is 11.8 Å². The number of hydrogen-bond donors (Lipinski definition) is 1. The summed E-state index contributed by atoms with van der Waals surface area (Å²) in [7, 11) is -3.60. The summed E-state index contributed by atoms with van der Waals surface area (Å²) in [6.07, 6.45) is 5.71. The van der Waals surface area contributed by atoms with Crippen molar-refractivity contribution in [2.75, 3.05) is 18.4 Å². The number of anilines is 1. The zero-order valence-corrected chi connectivity index (χ0v) is 17.6. The fraction of sp³-hybridized carbons (Fsp3) is 0.474. The number of thioether (sulfide) groups is 1. The molecule has 1 N–H and O–H groups in total. The second-order valence-corrected chi connectivity index (χ2v) is 10.9. The Morgan fingerprint density at radius 1 is 1.25 bits per heavy atom. The van der Waals surface area contributed by atoms with E-state index in [0.29, 0.717) is 25.2 Å². The maximum Gasteiger partial charge on any atom is 0.243 e. The lowest BCUT2D eigenvalue weighted by atomic mass is 10.1. The zero-order chi connectivity index (χ0) is 19.9. The number of carbonyl (C=O) groups is 1. The highest BCUT2D eigenvalue weighted by Gasteiger charge is 2.31. The molecule has 1 aromatic heterocycles. The van der Waals surface area contributed by atoms with Crippen molar-refractivity contribution in [2.45, 2.75) is 54.2 Å². The van der Waals surface area contributed by atoms with Gasteiger partial charge in [-0.1, -0.05) is 6.92 Å². The number of rotatable bonds is 3. The summed E-state index contributed by atoms with van der Waals surface area (Å²) in [5.41, 5.74) is 1.69. The van der Waals surface area contributed by atoms with E-state index in [1.54, 1.807) is 30.0 Å². The topological polar surface area (TPSA) is 84.3 Å². The van der Waals surface area contributed by atoms with E-state index >= 15 is 0 Å². The van der Waals surface area contributed by atoms with Gasteiger partial charge in [-0.15, -0.1) is 11.8 Å². The number of piperidine rings is 1. The Morgan fingerprint density at radius 3 is 2.68 bits per heavy atom. The van der Waals surface area contributed by atoms with E-state index in [9.17, 15) is 13.2 Å². The first kappa shape index (κ1) is 19.5. The van der Waals surface area contributed by atoms with Crippen molar-refractivity contribution in [1.29, 1.82) is 0 Å². The number of benzene rings is 1. The predicted molar refractivity (Wildman–Crippen MR) is 109 cm³/mol. The molecule has 7 nitrogen and oxygen atoms in total. The summed E-state index contributed by atoms with van der Waals surface area (Å²) in [6.45, 7) is 4.91. The highest BCUT2D eigenvalue weighted by atomic mass is 32.2. The number of amides is 1. The van der Waals surface area contributed by atoms with Crippen LogP contribution in [0.4, 0.5) is 5.69 Å². The monoisotopic (exact) mass is 420 g/mol. The fourth-order valence-electron chi connectivity index (χ4n) is 3.72. The van der Waals surface area contributed by atoms with Gasteiger partial charge < -0.3 is 5.32 Å². The molecule has 0 spiro atoms. The van der Waals surface area contributed by atoms with Gasteiger partial charge in [-0.05, 0) is 43.5 Å². The molecule has 0 bridgehead atoms. The number of aromatic nitrogens is 2. The van der Waals surface area contributed by atoms with Crippen molar-refractivity contribution in [3.05, 3.63) is 36.2 Å². The molecule has 0 saturated carbocycles. The van der Waals surface area contributed by atoms with Gasteiger partial charge in [-0.2, -0.15) is 9.40 Å². The molecule has 4 rings (SSSR count). The summed E-state index contributed by atoms with van der Waals surface area (Å²) < 4.78 is 29.7. The number of nitrogens with zero attached hydrogens (tertiary/aromatic N) is 3. The highest BCUT2D eigenvalue weighted by molar-refractivity contribution is 8.00. The second kappa shape index (κ2) is 7.53. The minimum Gasteiger partial charge on any atom is -0.325 e. The number of hydrogen-bond acceptors (Lipinski definition) is 5. The van der Waals surface area contributed by atoms with Crippen LogP contribution in [0.5, 0.6) is 0 Å². The average molecular weight is 421 g/mol. The van der Waals surface area contributed by atoms with Crippen molar-refractivity contribution in [3.63, 3.8) is 0 Å². The van der Waals surface area contributed by atoms with Crippen molar-refractivity contribution >= 4 is 33.4 Å². The van der Waals surface area contributed by atoms with Gasteiger partial charge in [0.15, 0.2) is 0 Å². The quantitative estimate of drug-likeness (QED) is 0.825. The van der Waals surface area contributed by atoms with Gasteiger partial charge in [-0.3, -0.25) is 9.48 Å². The Labute approximate surface area is 169 Å². The summed E-state index contributed by atoms with van der Waals surface area (Å²) in [5, 5.41) is 7.37. The molecule has 3 heterocycles. The van der Waals surface area contributed by atoms with Gasteiger partial charge in [0.1, 0.15) is 0 Å². The molecule has 1 aromatic carbocycles. The lowest BCUT2D eigenvalue weighted by molar-refractivity contribution is -0.116. The standard InChI is InChI=1S/C19H24N4O3S2/c1-13-11-20-23(12-13)15-5-7-22(8-6-15)28(25,26)16-3-4-18-17(10-16)21-19(24)9-14(2)27-18/h3-4,10-12,14-15H,5-9H2,1-2H3,(H,21,24). The third-order valence-electron chi connectivity index (χ3n) is 5.19. The first-order valence-corrected chi connectivity index (χ1v) is 11.8. The summed E-state index contributed by atoms with van der Waals surface area (Å²) in [6, 6.07) is 5.27. The van der Waals surface area contributed by atoms with Gasteiger partial charge in [0.05, 0.1) is 22.8 Å². The highest BCUT2D eigenvalue weighted by Crippen LogP contribution is 2.37. The fourth-order valence-corrected chi connectivity index (χ4v) is 6.27. The molecule has 9 heteroatoms. The van der Waals surface area contributed by atoms with E-state index in [4.69, 9.17) is 0 Å². The molecule has 150 valence electrons. The Bertz CT molecular complexity index is 994. The molecule has 1 amide bonds. The van der Waals surface area contributed by atoms with E-state index in [0.717, 1.165) is 23.3 Å². The minimum absolute atomic E-state index is 0.0800. The van der Waals surface area contributed by atoms with Gasteiger partial charge in [0.25, 0.3) is 0 Å². The van der Waals surface area contributed by atoms with Crippen LogP contribution in [0.2, 0.25) is 0 Å². The average Bonchev–Trinajstić information content (AvgIpc) is 3.02. The van der Waals surface area contributed by atoms with Crippen LogP contribution in [-0.4, -0.2) is 46.8 Å². The molecule has 1 atom stereocenters. The molecule has 2 aliphatic rings. The summed E-state index contributed by atoms with van der Waals surface area (Å²) in [5.74, 6) is -0.0800. The number of fused-ring (bicyclic) bond motifs is 1.